The van der Waals surface area contributed by atoms with E-state index in [2.05, 4.69) is 19.9 Å². The molecule has 0 saturated carbocycles. The van der Waals surface area contributed by atoms with Crippen molar-refractivity contribution in [2.45, 2.75) is 6.54 Å². The molecule has 0 amide bonds. The number of rotatable bonds is 2. The molecule has 0 atom stereocenters. The zero-order valence-corrected chi connectivity index (χ0v) is 11.4. The largest absolute Gasteiger partial charge is 0.340 e. The Morgan fingerprint density at radius 2 is 2.25 bits per heavy atom. The van der Waals surface area contributed by atoms with E-state index in [0.717, 1.165) is 0 Å². The molecule has 2 aromatic heterocycles. The first kappa shape index (κ1) is 12.8. The SMILES string of the molecule is CN=c1ncn(Cc2c(F)cccc2Cl)c2nc[nH]c12. The highest BCUT2D eigenvalue weighted by Gasteiger charge is 2.10. The molecule has 3 aromatic rings. The second-order valence-corrected chi connectivity index (χ2v) is 4.63. The Morgan fingerprint density at radius 1 is 1.40 bits per heavy atom. The van der Waals surface area contributed by atoms with Crippen LogP contribution < -0.4 is 5.49 Å². The van der Waals surface area contributed by atoms with Gasteiger partial charge in [0.1, 0.15) is 11.3 Å². The fourth-order valence-electron chi connectivity index (χ4n) is 2.05. The van der Waals surface area contributed by atoms with Crippen LogP contribution in [0, 0.1) is 5.82 Å². The van der Waals surface area contributed by atoms with E-state index in [4.69, 9.17) is 11.6 Å². The molecule has 1 N–H and O–H groups in total. The summed E-state index contributed by atoms with van der Waals surface area (Å²) in [7, 11) is 1.65. The van der Waals surface area contributed by atoms with E-state index in [0.29, 0.717) is 27.2 Å². The number of halogens is 2. The number of fused-ring (bicyclic) bond motifs is 1. The zero-order valence-electron chi connectivity index (χ0n) is 10.6. The molecule has 7 heteroatoms. The Morgan fingerprint density at radius 3 is 3.00 bits per heavy atom. The van der Waals surface area contributed by atoms with Crippen LogP contribution in [0.15, 0.2) is 35.8 Å². The standard InChI is InChI=1S/C13H11ClFN5/c1-16-12-11-13(18-6-17-11)20(7-19-12)5-8-9(14)3-2-4-10(8)15/h2-4,6-7H,5H2,1H3,(H,17,18). The average Bonchev–Trinajstić information content (AvgIpc) is 2.92. The van der Waals surface area contributed by atoms with Gasteiger partial charge in [-0.15, -0.1) is 0 Å². The van der Waals surface area contributed by atoms with Crippen molar-refractivity contribution in [3.8, 4) is 0 Å². The van der Waals surface area contributed by atoms with Gasteiger partial charge in [-0.3, -0.25) is 4.99 Å². The number of nitrogens with one attached hydrogen (secondary N) is 1. The number of imidazole rings is 1. The molecule has 0 spiro atoms. The molecule has 1 aromatic carbocycles. The summed E-state index contributed by atoms with van der Waals surface area (Å²) in [6, 6.07) is 4.62. The second-order valence-electron chi connectivity index (χ2n) is 4.22. The van der Waals surface area contributed by atoms with Crippen LogP contribution in [0.3, 0.4) is 0 Å². The van der Waals surface area contributed by atoms with Crippen LogP contribution in [-0.4, -0.2) is 26.6 Å². The molecule has 0 saturated heterocycles. The smallest absolute Gasteiger partial charge is 0.176 e. The van der Waals surface area contributed by atoms with Crippen molar-refractivity contribution >= 4 is 22.8 Å². The maximum Gasteiger partial charge on any atom is 0.176 e. The fraction of sp³-hybridized carbons (Fsp3) is 0.154. The van der Waals surface area contributed by atoms with E-state index >= 15 is 0 Å². The number of aromatic amines is 1. The number of hydrogen-bond donors (Lipinski definition) is 1. The lowest BCUT2D eigenvalue weighted by molar-refractivity contribution is 0.600. The highest BCUT2D eigenvalue weighted by molar-refractivity contribution is 6.31. The number of nitrogens with zero attached hydrogens (tertiary/aromatic N) is 4. The van der Waals surface area contributed by atoms with Gasteiger partial charge in [-0.1, -0.05) is 17.7 Å². The Kier molecular flexibility index (Phi) is 3.23. The molecule has 20 heavy (non-hydrogen) atoms. The lowest BCUT2D eigenvalue weighted by atomic mass is 10.2. The molecule has 0 fully saturated rings. The first-order valence-corrected chi connectivity index (χ1v) is 6.32. The van der Waals surface area contributed by atoms with Gasteiger partial charge in [-0.2, -0.15) is 0 Å². The first-order valence-electron chi connectivity index (χ1n) is 5.95. The molecule has 102 valence electrons. The van der Waals surface area contributed by atoms with Gasteiger partial charge in [0.15, 0.2) is 11.1 Å². The minimum absolute atomic E-state index is 0.254. The topological polar surface area (TPSA) is 58.9 Å². The molecule has 0 aliphatic heterocycles. The van der Waals surface area contributed by atoms with Crippen molar-refractivity contribution in [3.05, 3.63) is 52.7 Å². The number of benzene rings is 1. The van der Waals surface area contributed by atoms with E-state index in [-0.39, 0.29) is 12.4 Å². The Bertz CT molecular complexity index is 816. The summed E-state index contributed by atoms with van der Waals surface area (Å²) in [5.74, 6) is -0.349. The second kappa shape index (κ2) is 5.05. The summed E-state index contributed by atoms with van der Waals surface area (Å²) in [6.45, 7) is 0.254. The molecular formula is C13H11ClFN5. The minimum atomic E-state index is -0.349. The number of hydrogen-bond acceptors (Lipinski definition) is 3. The van der Waals surface area contributed by atoms with Crippen molar-refractivity contribution in [2.75, 3.05) is 7.05 Å². The van der Waals surface area contributed by atoms with Gasteiger partial charge in [-0.25, -0.2) is 14.4 Å². The summed E-state index contributed by atoms with van der Waals surface area (Å²) in [6.07, 6.45) is 3.13. The predicted molar refractivity (Wildman–Crippen MR) is 73.9 cm³/mol. The van der Waals surface area contributed by atoms with E-state index in [9.17, 15) is 4.39 Å². The van der Waals surface area contributed by atoms with E-state index < -0.39 is 0 Å². The van der Waals surface area contributed by atoms with E-state index in [1.54, 1.807) is 36.4 Å². The van der Waals surface area contributed by atoms with E-state index in [1.807, 2.05) is 0 Å². The van der Waals surface area contributed by atoms with Crippen molar-refractivity contribution in [3.63, 3.8) is 0 Å². The Balaban J connectivity index is 2.15. The van der Waals surface area contributed by atoms with Gasteiger partial charge in [0, 0.05) is 17.6 Å². The van der Waals surface area contributed by atoms with Crippen molar-refractivity contribution in [2.24, 2.45) is 4.99 Å². The number of aromatic nitrogens is 4. The molecule has 0 aliphatic carbocycles. The molecular weight excluding hydrogens is 281 g/mol. The Hall–Kier alpha value is -2.21. The quantitative estimate of drug-likeness (QED) is 0.786. The van der Waals surface area contributed by atoms with Gasteiger partial charge in [0.25, 0.3) is 0 Å². The van der Waals surface area contributed by atoms with Crippen LogP contribution in [0.1, 0.15) is 5.56 Å². The normalized spacial score (nSPS) is 12.2. The highest BCUT2D eigenvalue weighted by Crippen LogP contribution is 2.20. The molecule has 0 aliphatic rings. The van der Waals surface area contributed by atoms with Crippen molar-refractivity contribution < 1.29 is 4.39 Å². The van der Waals surface area contributed by atoms with Crippen LogP contribution in [0.2, 0.25) is 5.02 Å². The van der Waals surface area contributed by atoms with Crippen molar-refractivity contribution in [1.29, 1.82) is 0 Å². The van der Waals surface area contributed by atoms with Crippen LogP contribution in [-0.2, 0) is 6.54 Å². The summed E-state index contributed by atoms with van der Waals surface area (Å²) >= 11 is 6.04. The van der Waals surface area contributed by atoms with Crippen LogP contribution in [0.5, 0.6) is 0 Å². The van der Waals surface area contributed by atoms with Gasteiger partial charge in [-0.05, 0) is 12.1 Å². The third kappa shape index (κ3) is 2.08. The monoisotopic (exact) mass is 291 g/mol. The average molecular weight is 292 g/mol. The summed E-state index contributed by atoms with van der Waals surface area (Å²) < 4.78 is 15.6. The highest BCUT2D eigenvalue weighted by atomic mass is 35.5. The van der Waals surface area contributed by atoms with Gasteiger partial charge in [0.2, 0.25) is 0 Å². The van der Waals surface area contributed by atoms with Crippen LogP contribution in [0.25, 0.3) is 11.2 Å². The molecule has 0 unspecified atom stereocenters. The first-order chi connectivity index (χ1) is 9.70. The van der Waals surface area contributed by atoms with Crippen molar-refractivity contribution in [1.82, 2.24) is 19.5 Å². The van der Waals surface area contributed by atoms with Gasteiger partial charge in [0.05, 0.1) is 19.2 Å². The summed E-state index contributed by atoms with van der Waals surface area (Å²) in [5.41, 5.74) is 2.34. The molecule has 0 radical (unpaired) electrons. The lowest BCUT2D eigenvalue weighted by Gasteiger charge is -2.09. The maximum absolute atomic E-state index is 13.8. The molecule has 2 heterocycles. The maximum atomic E-state index is 13.8. The molecule has 3 rings (SSSR count). The third-order valence-corrected chi connectivity index (χ3v) is 3.39. The lowest BCUT2D eigenvalue weighted by Crippen LogP contribution is -2.15. The zero-order chi connectivity index (χ0) is 14.1. The van der Waals surface area contributed by atoms with E-state index in [1.165, 1.54) is 6.07 Å². The van der Waals surface area contributed by atoms with Crippen LogP contribution >= 0.6 is 11.6 Å². The summed E-state index contributed by atoms with van der Waals surface area (Å²) in [4.78, 5) is 15.5. The number of H-pyrrole nitrogens is 1. The third-order valence-electron chi connectivity index (χ3n) is 3.04. The molecule has 5 nitrogen and oxygen atoms in total. The fourth-order valence-corrected chi connectivity index (χ4v) is 2.27. The van der Waals surface area contributed by atoms with Gasteiger partial charge >= 0.3 is 0 Å². The predicted octanol–water partition coefficient (Wildman–Crippen LogP) is 2.13. The Labute approximate surface area is 118 Å². The minimum Gasteiger partial charge on any atom is -0.340 e. The molecule has 0 bridgehead atoms. The van der Waals surface area contributed by atoms with Gasteiger partial charge < -0.3 is 9.55 Å². The van der Waals surface area contributed by atoms with Crippen LogP contribution in [0.4, 0.5) is 4.39 Å². The summed E-state index contributed by atoms with van der Waals surface area (Å²) in [5, 5.41) is 0.380.